The number of nitrogens with one attached hydrogen (secondary N) is 2. The second-order valence-electron chi connectivity index (χ2n) is 3.42. The van der Waals surface area contributed by atoms with E-state index in [4.69, 9.17) is 0 Å². The molecular weight excluding hydrogens is 162 g/mol. The average molecular weight is 177 g/mol. The Morgan fingerprint density at radius 3 is 3.08 bits per heavy atom. The van der Waals surface area contributed by atoms with Gasteiger partial charge in [-0.3, -0.25) is 5.10 Å². The highest BCUT2D eigenvalue weighted by atomic mass is 15.1. The second-order valence-corrected chi connectivity index (χ2v) is 3.42. The number of allylic oxidation sites excluding steroid dienone is 1. The highest BCUT2D eigenvalue weighted by molar-refractivity contribution is 5.25. The van der Waals surface area contributed by atoms with Crippen LogP contribution in [0.1, 0.15) is 30.9 Å². The zero-order valence-electron chi connectivity index (χ0n) is 7.88. The van der Waals surface area contributed by atoms with Crippen molar-refractivity contribution in [3.8, 4) is 0 Å². The molecule has 0 spiro atoms. The first kappa shape index (κ1) is 8.51. The standard InChI is InChI=1S/C10H15N3/c1-11-10(8-4-2-3-5-8)9-6-12-13-7-9/h4,6-7,10-11H,2-3,5H2,1H3,(H,12,13). The molecule has 1 aromatic heterocycles. The summed E-state index contributed by atoms with van der Waals surface area (Å²) in [6.07, 6.45) is 9.93. The van der Waals surface area contributed by atoms with Gasteiger partial charge in [-0.2, -0.15) is 5.10 Å². The highest BCUT2D eigenvalue weighted by Gasteiger charge is 2.17. The van der Waals surface area contributed by atoms with Crippen LogP contribution < -0.4 is 5.32 Å². The van der Waals surface area contributed by atoms with Gasteiger partial charge in [-0.1, -0.05) is 11.6 Å². The number of likely N-dealkylation sites (N-methyl/N-ethyl adjacent to an activating group) is 1. The van der Waals surface area contributed by atoms with E-state index < -0.39 is 0 Å². The molecule has 1 aromatic rings. The van der Waals surface area contributed by atoms with Gasteiger partial charge in [0.1, 0.15) is 0 Å². The van der Waals surface area contributed by atoms with Crippen LogP contribution in [0.4, 0.5) is 0 Å². The predicted molar refractivity (Wildman–Crippen MR) is 52.3 cm³/mol. The van der Waals surface area contributed by atoms with Crippen LogP contribution in [-0.4, -0.2) is 17.2 Å². The van der Waals surface area contributed by atoms with E-state index >= 15 is 0 Å². The third-order valence-electron chi connectivity index (χ3n) is 2.59. The number of hydrogen-bond donors (Lipinski definition) is 2. The number of rotatable bonds is 3. The summed E-state index contributed by atoms with van der Waals surface area (Å²) in [6, 6.07) is 0.362. The Labute approximate surface area is 78.2 Å². The molecule has 0 saturated carbocycles. The van der Waals surface area contributed by atoms with Crippen molar-refractivity contribution in [3.63, 3.8) is 0 Å². The molecule has 0 aromatic carbocycles. The molecule has 0 bridgehead atoms. The number of aromatic nitrogens is 2. The lowest BCUT2D eigenvalue weighted by atomic mass is 10.0. The van der Waals surface area contributed by atoms with Crippen LogP contribution in [0.3, 0.4) is 0 Å². The monoisotopic (exact) mass is 177 g/mol. The Bertz CT molecular complexity index is 287. The molecule has 13 heavy (non-hydrogen) atoms. The molecule has 0 saturated heterocycles. The van der Waals surface area contributed by atoms with E-state index in [1.54, 1.807) is 0 Å². The van der Waals surface area contributed by atoms with Crippen LogP contribution in [0.25, 0.3) is 0 Å². The maximum Gasteiger partial charge on any atom is 0.0564 e. The Balaban J connectivity index is 2.18. The Kier molecular flexibility index (Phi) is 2.45. The topological polar surface area (TPSA) is 40.7 Å². The molecule has 1 aliphatic rings. The quantitative estimate of drug-likeness (QED) is 0.691. The molecule has 1 aliphatic carbocycles. The van der Waals surface area contributed by atoms with Crippen molar-refractivity contribution >= 4 is 0 Å². The van der Waals surface area contributed by atoms with Gasteiger partial charge < -0.3 is 5.32 Å². The van der Waals surface area contributed by atoms with Crippen LogP contribution in [-0.2, 0) is 0 Å². The van der Waals surface area contributed by atoms with Crippen molar-refractivity contribution in [3.05, 3.63) is 29.6 Å². The van der Waals surface area contributed by atoms with Gasteiger partial charge in [-0.15, -0.1) is 0 Å². The van der Waals surface area contributed by atoms with E-state index in [0.29, 0.717) is 6.04 Å². The van der Waals surface area contributed by atoms with E-state index in [1.165, 1.54) is 30.4 Å². The molecule has 70 valence electrons. The Hall–Kier alpha value is -1.09. The van der Waals surface area contributed by atoms with Crippen LogP contribution in [0.2, 0.25) is 0 Å². The summed E-state index contributed by atoms with van der Waals surface area (Å²) in [5.41, 5.74) is 2.74. The minimum Gasteiger partial charge on any atom is -0.310 e. The summed E-state index contributed by atoms with van der Waals surface area (Å²) in [6.45, 7) is 0. The van der Waals surface area contributed by atoms with Crippen molar-refractivity contribution in [2.24, 2.45) is 0 Å². The maximum atomic E-state index is 3.97. The zero-order valence-corrected chi connectivity index (χ0v) is 7.88. The van der Waals surface area contributed by atoms with Crippen molar-refractivity contribution < 1.29 is 0 Å². The zero-order chi connectivity index (χ0) is 9.10. The van der Waals surface area contributed by atoms with Gasteiger partial charge in [0.2, 0.25) is 0 Å². The summed E-state index contributed by atoms with van der Waals surface area (Å²) >= 11 is 0. The molecule has 0 amide bonds. The fourth-order valence-corrected chi connectivity index (χ4v) is 1.94. The van der Waals surface area contributed by atoms with Crippen LogP contribution in [0, 0.1) is 0 Å². The van der Waals surface area contributed by atoms with Gasteiger partial charge in [0, 0.05) is 11.8 Å². The van der Waals surface area contributed by atoms with Gasteiger partial charge in [-0.05, 0) is 26.3 Å². The summed E-state index contributed by atoms with van der Waals surface area (Å²) in [4.78, 5) is 0. The molecule has 1 atom stereocenters. The molecule has 0 fully saturated rings. The first-order chi connectivity index (χ1) is 6.42. The van der Waals surface area contributed by atoms with Gasteiger partial charge in [-0.25, -0.2) is 0 Å². The molecule has 1 unspecified atom stereocenters. The summed E-state index contributed by atoms with van der Waals surface area (Å²) in [5, 5.41) is 10.1. The van der Waals surface area contributed by atoms with Gasteiger partial charge in [0.05, 0.1) is 12.2 Å². The summed E-state index contributed by atoms with van der Waals surface area (Å²) in [7, 11) is 2.00. The minimum atomic E-state index is 0.362. The third kappa shape index (κ3) is 1.65. The lowest BCUT2D eigenvalue weighted by Gasteiger charge is -2.15. The molecule has 0 radical (unpaired) electrons. The minimum absolute atomic E-state index is 0.362. The van der Waals surface area contributed by atoms with E-state index in [0.717, 1.165) is 0 Å². The fourth-order valence-electron chi connectivity index (χ4n) is 1.94. The van der Waals surface area contributed by atoms with Gasteiger partial charge in [0.25, 0.3) is 0 Å². The summed E-state index contributed by atoms with van der Waals surface area (Å²) in [5.74, 6) is 0. The SMILES string of the molecule is CNC(C1=CCCC1)c1cn[nH]c1. The number of nitrogens with zero attached hydrogens (tertiary/aromatic N) is 1. The molecule has 1 heterocycles. The first-order valence-electron chi connectivity index (χ1n) is 4.76. The van der Waals surface area contributed by atoms with Gasteiger partial charge >= 0.3 is 0 Å². The van der Waals surface area contributed by atoms with Crippen molar-refractivity contribution in [2.75, 3.05) is 7.05 Å². The molecule has 2 N–H and O–H groups in total. The first-order valence-corrected chi connectivity index (χ1v) is 4.76. The van der Waals surface area contributed by atoms with E-state index in [1.807, 2.05) is 19.4 Å². The number of H-pyrrole nitrogens is 1. The normalized spacial score (nSPS) is 18.7. The van der Waals surface area contributed by atoms with E-state index in [-0.39, 0.29) is 0 Å². The Morgan fingerprint density at radius 1 is 1.62 bits per heavy atom. The molecule has 3 nitrogen and oxygen atoms in total. The molecular formula is C10H15N3. The average Bonchev–Trinajstić information content (AvgIpc) is 2.76. The van der Waals surface area contributed by atoms with Crippen molar-refractivity contribution in [2.45, 2.75) is 25.3 Å². The van der Waals surface area contributed by atoms with Crippen LogP contribution in [0.5, 0.6) is 0 Å². The number of aromatic amines is 1. The fraction of sp³-hybridized carbons (Fsp3) is 0.500. The smallest absolute Gasteiger partial charge is 0.0564 e. The van der Waals surface area contributed by atoms with Crippen molar-refractivity contribution in [1.82, 2.24) is 15.5 Å². The lowest BCUT2D eigenvalue weighted by Crippen LogP contribution is -2.17. The highest BCUT2D eigenvalue weighted by Crippen LogP contribution is 2.29. The van der Waals surface area contributed by atoms with E-state index in [2.05, 4.69) is 21.6 Å². The molecule has 2 rings (SSSR count). The third-order valence-corrected chi connectivity index (χ3v) is 2.59. The largest absolute Gasteiger partial charge is 0.310 e. The maximum absolute atomic E-state index is 3.97. The predicted octanol–water partition coefficient (Wildman–Crippen LogP) is 1.78. The molecule has 0 aliphatic heterocycles. The number of hydrogen-bond acceptors (Lipinski definition) is 2. The lowest BCUT2D eigenvalue weighted by molar-refractivity contribution is 0.656. The van der Waals surface area contributed by atoms with Crippen molar-refractivity contribution in [1.29, 1.82) is 0 Å². The van der Waals surface area contributed by atoms with E-state index in [9.17, 15) is 0 Å². The summed E-state index contributed by atoms with van der Waals surface area (Å²) < 4.78 is 0. The van der Waals surface area contributed by atoms with Crippen LogP contribution in [0.15, 0.2) is 24.0 Å². The Morgan fingerprint density at radius 2 is 2.54 bits per heavy atom. The van der Waals surface area contributed by atoms with Crippen LogP contribution >= 0.6 is 0 Å². The second kappa shape index (κ2) is 3.75. The molecule has 3 heteroatoms. The van der Waals surface area contributed by atoms with Gasteiger partial charge in [0.15, 0.2) is 0 Å².